The number of hydrogen-bond donors (Lipinski definition) is 3. The summed E-state index contributed by atoms with van der Waals surface area (Å²) < 4.78 is 44.6. The number of ether oxygens (including phenoxy) is 1. The lowest BCUT2D eigenvalue weighted by molar-refractivity contribution is -0.130. The van der Waals surface area contributed by atoms with Crippen LogP contribution < -0.4 is 5.32 Å². The number of carbonyl (C=O) groups excluding carboxylic acids is 1. The smallest absolute Gasteiger partial charge is 0.223 e. The number of halogens is 3. The molecule has 2 aliphatic rings. The molecule has 5 rings (SSSR count). The maximum Gasteiger partial charge on any atom is 0.223 e. The third kappa shape index (κ3) is 4.81. The van der Waals surface area contributed by atoms with Crippen LogP contribution in [0.1, 0.15) is 25.7 Å². The van der Waals surface area contributed by atoms with Gasteiger partial charge in [0, 0.05) is 29.7 Å². The van der Waals surface area contributed by atoms with Gasteiger partial charge in [0.2, 0.25) is 5.91 Å². The molecule has 0 radical (unpaired) electrons. The minimum Gasteiger partial charge on any atom is -0.394 e. The number of amides is 1. The van der Waals surface area contributed by atoms with Crippen LogP contribution in [0.5, 0.6) is 0 Å². The first-order chi connectivity index (χ1) is 15.4. The molecule has 8 heteroatoms. The zero-order valence-electron chi connectivity index (χ0n) is 17.5. The number of aromatic nitrogens is 1. The van der Waals surface area contributed by atoms with Gasteiger partial charge in [0.1, 0.15) is 17.5 Å². The van der Waals surface area contributed by atoms with E-state index >= 15 is 0 Å². The van der Waals surface area contributed by atoms with Crippen LogP contribution in [0.4, 0.5) is 13.2 Å². The lowest BCUT2D eigenvalue weighted by Crippen LogP contribution is -2.54. The summed E-state index contributed by atoms with van der Waals surface area (Å²) in [7, 11) is 0. The monoisotopic (exact) mass is 446 g/mol. The van der Waals surface area contributed by atoms with Crippen LogP contribution in [0.3, 0.4) is 0 Å². The topological polar surface area (TPSA) is 74.4 Å². The predicted octanol–water partition coefficient (Wildman–Crippen LogP) is 4.31. The Kier molecular flexibility index (Phi) is 6.53. The van der Waals surface area contributed by atoms with Crippen molar-refractivity contribution in [3.05, 3.63) is 59.9 Å². The third-order valence-electron chi connectivity index (χ3n) is 6.07. The van der Waals surface area contributed by atoms with Gasteiger partial charge in [0.05, 0.1) is 24.3 Å². The van der Waals surface area contributed by atoms with Gasteiger partial charge in [-0.2, -0.15) is 0 Å². The molecule has 3 aromatic rings. The van der Waals surface area contributed by atoms with Crippen molar-refractivity contribution in [2.45, 2.75) is 31.2 Å². The van der Waals surface area contributed by atoms with Gasteiger partial charge >= 0.3 is 0 Å². The first-order valence-electron chi connectivity index (χ1n) is 10.6. The minimum atomic E-state index is -0.640. The second kappa shape index (κ2) is 9.34. The number of fused-ring (bicyclic) bond motifs is 1. The number of H-pyrrole nitrogens is 1. The van der Waals surface area contributed by atoms with Crippen molar-refractivity contribution in [3.63, 3.8) is 0 Å². The lowest BCUT2D eigenvalue weighted by Gasteiger charge is -2.31. The highest BCUT2D eigenvalue weighted by molar-refractivity contribution is 5.86. The van der Waals surface area contributed by atoms with Gasteiger partial charge in [-0.05, 0) is 61.2 Å². The first-order valence-corrected chi connectivity index (χ1v) is 10.6. The number of benzene rings is 2. The molecule has 0 bridgehead atoms. The molecular formula is C24H25F3N2O3. The SMILES string of the molecule is Fc1ccc(-c2cc3cc(F)cc(F)c3[nH]2)cc1.O=C(NC1(CO)CCOC1)C1CCC1. The molecular weight excluding hydrogens is 421 g/mol. The molecule has 2 aromatic carbocycles. The fraction of sp³-hybridized carbons (Fsp3) is 0.375. The van der Waals surface area contributed by atoms with Crippen LogP contribution in [0.15, 0.2) is 42.5 Å². The highest BCUT2D eigenvalue weighted by atomic mass is 19.1. The van der Waals surface area contributed by atoms with Gasteiger partial charge in [-0.15, -0.1) is 0 Å². The van der Waals surface area contributed by atoms with Crippen molar-refractivity contribution >= 4 is 16.8 Å². The van der Waals surface area contributed by atoms with E-state index in [9.17, 15) is 23.1 Å². The maximum atomic E-state index is 13.5. The van der Waals surface area contributed by atoms with E-state index in [-0.39, 0.29) is 29.8 Å². The molecule has 5 nitrogen and oxygen atoms in total. The van der Waals surface area contributed by atoms with Gasteiger partial charge in [0.15, 0.2) is 0 Å². The fourth-order valence-electron chi connectivity index (χ4n) is 3.85. The zero-order valence-corrected chi connectivity index (χ0v) is 17.5. The van der Waals surface area contributed by atoms with Crippen molar-refractivity contribution in [1.82, 2.24) is 10.3 Å². The Bertz CT molecular complexity index is 1090. The number of nitrogens with one attached hydrogen (secondary N) is 2. The summed E-state index contributed by atoms with van der Waals surface area (Å²) in [5.74, 6) is -1.33. The molecule has 1 atom stereocenters. The molecule has 0 spiro atoms. The number of aromatic amines is 1. The lowest BCUT2D eigenvalue weighted by atomic mass is 9.84. The van der Waals surface area contributed by atoms with E-state index < -0.39 is 17.2 Å². The Balaban J connectivity index is 0.000000158. The molecule has 1 amide bonds. The zero-order chi connectivity index (χ0) is 22.7. The third-order valence-corrected chi connectivity index (χ3v) is 6.07. The van der Waals surface area contributed by atoms with Gasteiger partial charge < -0.3 is 20.1 Å². The number of carbonyl (C=O) groups is 1. The summed E-state index contributed by atoms with van der Waals surface area (Å²) in [6, 6.07) is 9.50. The number of aliphatic hydroxyl groups is 1. The van der Waals surface area contributed by atoms with E-state index in [1.165, 1.54) is 18.2 Å². The van der Waals surface area contributed by atoms with Crippen LogP contribution in [-0.4, -0.2) is 41.4 Å². The highest BCUT2D eigenvalue weighted by Gasteiger charge is 2.38. The Morgan fingerprint density at radius 3 is 2.47 bits per heavy atom. The number of rotatable bonds is 4. The second-order valence-corrected chi connectivity index (χ2v) is 8.40. The largest absolute Gasteiger partial charge is 0.394 e. The van der Waals surface area contributed by atoms with Gasteiger partial charge in [-0.25, -0.2) is 13.2 Å². The standard InChI is InChI=1S/C14H8F3N.C10H17NO3/c15-10-3-1-8(2-4-10)13-6-9-5-11(16)7-12(17)14(9)18-13;12-6-10(4-5-14-7-10)11-9(13)8-2-1-3-8/h1-7,18H;8,12H,1-7H2,(H,11,13). The molecule has 1 aliphatic carbocycles. The van der Waals surface area contributed by atoms with Crippen LogP contribution in [-0.2, 0) is 9.53 Å². The quantitative estimate of drug-likeness (QED) is 0.559. The molecule has 32 heavy (non-hydrogen) atoms. The van der Waals surface area contributed by atoms with Crippen LogP contribution in [0, 0.1) is 23.4 Å². The van der Waals surface area contributed by atoms with E-state index in [1.807, 2.05) is 0 Å². The fourth-order valence-corrected chi connectivity index (χ4v) is 3.85. The maximum absolute atomic E-state index is 13.5. The summed E-state index contributed by atoms with van der Waals surface area (Å²) in [6.07, 6.45) is 3.87. The summed E-state index contributed by atoms with van der Waals surface area (Å²) in [4.78, 5) is 14.5. The van der Waals surface area contributed by atoms with E-state index in [0.29, 0.717) is 29.9 Å². The predicted molar refractivity (Wildman–Crippen MR) is 114 cm³/mol. The molecule has 1 aliphatic heterocycles. The van der Waals surface area contributed by atoms with Gasteiger partial charge in [-0.1, -0.05) is 6.42 Å². The molecule has 1 aromatic heterocycles. The molecule has 170 valence electrons. The average molecular weight is 446 g/mol. The highest BCUT2D eigenvalue weighted by Crippen LogP contribution is 2.28. The van der Waals surface area contributed by atoms with E-state index in [2.05, 4.69) is 10.3 Å². The molecule has 2 fully saturated rings. The second-order valence-electron chi connectivity index (χ2n) is 8.40. The minimum absolute atomic E-state index is 0.0224. The Morgan fingerprint density at radius 1 is 1.12 bits per heavy atom. The normalized spacial score (nSPS) is 20.5. The van der Waals surface area contributed by atoms with Gasteiger partial charge in [-0.3, -0.25) is 4.79 Å². The van der Waals surface area contributed by atoms with Crippen molar-refractivity contribution in [1.29, 1.82) is 0 Å². The number of hydrogen-bond acceptors (Lipinski definition) is 3. The van der Waals surface area contributed by atoms with E-state index in [0.717, 1.165) is 31.7 Å². The van der Waals surface area contributed by atoms with Crippen molar-refractivity contribution < 1.29 is 27.8 Å². The van der Waals surface area contributed by atoms with Crippen molar-refractivity contribution in [2.75, 3.05) is 19.8 Å². The van der Waals surface area contributed by atoms with Gasteiger partial charge in [0.25, 0.3) is 0 Å². The van der Waals surface area contributed by atoms with E-state index in [1.54, 1.807) is 18.2 Å². The van der Waals surface area contributed by atoms with Crippen LogP contribution in [0.2, 0.25) is 0 Å². The van der Waals surface area contributed by atoms with Crippen molar-refractivity contribution in [3.8, 4) is 11.3 Å². The molecule has 3 N–H and O–H groups in total. The summed E-state index contributed by atoms with van der Waals surface area (Å²) in [6.45, 7) is 1.05. The molecule has 1 saturated carbocycles. The first kappa shape index (κ1) is 22.4. The molecule has 1 saturated heterocycles. The summed E-state index contributed by atoms with van der Waals surface area (Å²) in [5.41, 5.74) is 1.09. The Hall–Kier alpha value is -2.84. The summed E-state index contributed by atoms with van der Waals surface area (Å²) in [5, 5.41) is 12.6. The molecule has 2 heterocycles. The Labute approximate surface area is 183 Å². The molecule has 1 unspecified atom stereocenters. The average Bonchev–Trinajstić information content (AvgIpc) is 3.35. The number of aliphatic hydroxyl groups excluding tert-OH is 1. The van der Waals surface area contributed by atoms with Crippen LogP contribution >= 0.6 is 0 Å². The van der Waals surface area contributed by atoms with Crippen LogP contribution in [0.25, 0.3) is 22.2 Å². The van der Waals surface area contributed by atoms with E-state index in [4.69, 9.17) is 4.74 Å². The Morgan fingerprint density at radius 2 is 1.88 bits per heavy atom. The van der Waals surface area contributed by atoms with Crippen molar-refractivity contribution in [2.24, 2.45) is 5.92 Å². The summed E-state index contributed by atoms with van der Waals surface area (Å²) >= 11 is 0.